The predicted octanol–water partition coefficient (Wildman–Crippen LogP) is 6.14. The molecule has 0 spiro atoms. The van der Waals surface area contributed by atoms with Crippen LogP contribution in [0.3, 0.4) is 0 Å². The number of para-hydroxylation sites is 2. The van der Waals surface area contributed by atoms with Gasteiger partial charge in [0, 0.05) is 60.4 Å². The van der Waals surface area contributed by atoms with Crippen LogP contribution in [0.4, 0.5) is 22.7 Å². The maximum Gasteiger partial charge on any atom is 0.330 e. The van der Waals surface area contributed by atoms with Gasteiger partial charge in [-0.05, 0) is 47.9 Å². The molecule has 0 N–H and O–H groups in total. The first-order chi connectivity index (χ1) is 24.8. The molecule has 4 aliphatic rings. The van der Waals surface area contributed by atoms with E-state index < -0.39 is 5.97 Å². The molecule has 4 heterocycles. The van der Waals surface area contributed by atoms with Gasteiger partial charge >= 0.3 is 5.97 Å². The SMILES string of the molecule is COC(=O)/C=C(\COc1cc2c(cc1C)C(=O)N1c3ccccc3C[C@H]1C=N2)COc1cc2c(cc1OC)C(=O)N1c3ccccc3C[C@H]1C=N2. The third kappa shape index (κ3) is 5.70. The van der Waals surface area contributed by atoms with Crippen molar-refractivity contribution in [3.63, 3.8) is 0 Å². The van der Waals surface area contributed by atoms with Crippen molar-refractivity contribution >= 4 is 53.0 Å². The van der Waals surface area contributed by atoms with E-state index in [9.17, 15) is 14.4 Å². The molecule has 0 bridgehead atoms. The lowest BCUT2D eigenvalue weighted by atomic mass is 10.1. The maximum atomic E-state index is 13.8. The maximum absolute atomic E-state index is 13.8. The minimum Gasteiger partial charge on any atom is -0.493 e. The van der Waals surface area contributed by atoms with Crippen LogP contribution in [0.1, 0.15) is 37.4 Å². The molecule has 0 aliphatic carbocycles. The molecule has 4 aliphatic heterocycles. The highest BCUT2D eigenvalue weighted by atomic mass is 16.5. The number of hydrogen-bond donors (Lipinski definition) is 0. The Kier molecular flexibility index (Phi) is 8.10. The minimum atomic E-state index is -0.572. The van der Waals surface area contributed by atoms with Gasteiger partial charge in [0.2, 0.25) is 0 Å². The van der Waals surface area contributed by atoms with Gasteiger partial charge < -0.3 is 18.9 Å². The summed E-state index contributed by atoms with van der Waals surface area (Å²) in [4.78, 5) is 52.9. The van der Waals surface area contributed by atoms with E-state index in [0.717, 1.165) is 28.1 Å². The van der Waals surface area contributed by atoms with Crippen LogP contribution in [0, 0.1) is 6.92 Å². The Morgan fingerprint density at radius 3 is 1.84 bits per heavy atom. The number of amides is 2. The van der Waals surface area contributed by atoms with E-state index >= 15 is 0 Å². The molecule has 2 amide bonds. The number of anilines is 2. The van der Waals surface area contributed by atoms with Crippen LogP contribution in [0.5, 0.6) is 17.2 Å². The van der Waals surface area contributed by atoms with Crippen molar-refractivity contribution in [2.75, 3.05) is 37.2 Å². The van der Waals surface area contributed by atoms with Gasteiger partial charge in [0.25, 0.3) is 11.8 Å². The summed E-state index contributed by atoms with van der Waals surface area (Å²) in [5, 5.41) is 0. The summed E-state index contributed by atoms with van der Waals surface area (Å²) >= 11 is 0. The van der Waals surface area contributed by atoms with Crippen molar-refractivity contribution in [2.45, 2.75) is 31.8 Å². The molecule has 0 saturated carbocycles. The number of carbonyl (C=O) groups is 3. The molecule has 0 radical (unpaired) electrons. The molecule has 8 rings (SSSR count). The molecule has 4 aromatic carbocycles. The second-order valence-corrected chi connectivity index (χ2v) is 12.8. The first kappa shape index (κ1) is 32.0. The zero-order chi connectivity index (χ0) is 35.2. The van der Waals surface area contributed by atoms with Gasteiger partial charge in [-0.3, -0.25) is 29.4 Å². The molecule has 51 heavy (non-hydrogen) atoms. The Morgan fingerprint density at radius 1 is 0.745 bits per heavy atom. The number of nitrogens with zero attached hydrogens (tertiary/aromatic N) is 4. The van der Waals surface area contributed by atoms with Crippen LogP contribution in [-0.4, -0.2) is 69.7 Å². The lowest BCUT2D eigenvalue weighted by molar-refractivity contribution is -0.134. The monoisotopic (exact) mass is 682 g/mol. The third-order valence-corrected chi connectivity index (χ3v) is 9.62. The average Bonchev–Trinajstić information content (AvgIpc) is 3.64. The molecule has 256 valence electrons. The van der Waals surface area contributed by atoms with Crippen molar-refractivity contribution in [3.8, 4) is 17.2 Å². The topological polar surface area (TPSA) is 119 Å². The highest BCUT2D eigenvalue weighted by molar-refractivity contribution is 6.15. The molecule has 0 fully saturated rings. The van der Waals surface area contributed by atoms with Gasteiger partial charge in [0.15, 0.2) is 11.5 Å². The minimum absolute atomic E-state index is 0.0194. The predicted molar refractivity (Wildman–Crippen MR) is 193 cm³/mol. The zero-order valence-electron chi connectivity index (χ0n) is 28.3. The summed E-state index contributed by atoms with van der Waals surface area (Å²) < 4.78 is 22.9. The van der Waals surface area contributed by atoms with Crippen LogP contribution in [0.15, 0.2) is 94.4 Å². The fourth-order valence-corrected chi connectivity index (χ4v) is 7.08. The Hall–Kier alpha value is -6.23. The first-order valence-corrected chi connectivity index (χ1v) is 16.6. The average molecular weight is 683 g/mol. The number of esters is 1. The molecular weight excluding hydrogens is 648 g/mol. The van der Waals surface area contributed by atoms with Gasteiger partial charge in [0.05, 0.1) is 48.8 Å². The number of aryl methyl sites for hydroxylation is 1. The van der Waals surface area contributed by atoms with E-state index in [1.165, 1.54) is 20.3 Å². The van der Waals surface area contributed by atoms with Gasteiger partial charge in [-0.15, -0.1) is 0 Å². The molecular formula is C40H34N4O7. The van der Waals surface area contributed by atoms with Crippen LogP contribution >= 0.6 is 0 Å². The van der Waals surface area contributed by atoms with E-state index in [0.29, 0.717) is 58.2 Å². The summed E-state index contributed by atoms with van der Waals surface area (Å²) in [6.45, 7) is 1.79. The zero-order valence-corrected chi connectivity index (χ0v) is 28.3. The lowest BCUT2D eigenvalue weighted by Crippen LogP contribution is -2.37. The lowest BCUT2D eigenvalue weighted by Gasteiger charge is -2.22. The van der Waals surface area contributed by atoms with Crippen molar-refractivity contribution in [2.24, 2.45) is 9.98 Å². The van der Waals surface area contributed by atoms with Gasteiger partial charge in [0.1, 0.15) is 19.0 Å². The Morgan fingerprint density at radius 2 is 1.27 bits per heavy atom. The van der Waals surface area contributed by atoms with Crippen molar-refractivity contribution in [1.82, 2.24) is 0 Å². The number of ether oxygens (including phenoxy) is 4. The third-order valence-electron chi connectivity index (χ3n) is 9.62. The normalized spacial score (nSPS) is 18.1. The Balaban J connectivity index is 1.01. The summed E-state index contributed by atoms with van der Waals surface area (Å²) in [6.07, 6.45) is 6.30. The standard InChI is InChI=1S/C40H34N4O7/c1-23-12-29-31(41-19-27-14-25-8-4-6-10-33(25)43(27)39(29)46)17-35(23)50-21-24(13-38(45)49-3)22-51-37-18-32-30(16-36(37)48-2)40(47)44-28(20-42-32)15-26-9-5-7-11-34(26)44/h4-13,16-20,27-28H,14-15,21-22H2,1-3H3/b24-13+/t27-,28-/m0/s1. The van der Waals surface area contributed by atoms with Crippen molar-refractivity contribution < 1.29 is 33.3 Å². The van der Waals surface area contributed by atoms with E-state index in [4.69, 9.17) is 23.9 Å². The summed E-state index contributed by atoms with van der Waals surface area (Å²) in [5.41, 5.74) is 7.05. The molecule has 0 aromatic heterocycles. The quantitative estimate of drug-likeness (QED) is 0.162. The largest absolute Gasteiger partial charge is 0.493 e. The summed E-state index contributed by atoms with van der Waals surface area (Å²) in [7, 11) is 2.79. The fourth-order valence-electron chi connectivity index (χ4n) is 7.08. The van der Waals surface area contributed by atoms with E-state index in [-0.39, 0.29) is 37.1 Å². The Labute approximate surface area is 294 Å². The van der Waals surface area contributed by atoms with Crippen LogP contribution in [-0.2, 0) is 22.4 Å². The summed E-state index contributed by atoms with van der Waals surface area (Å²) in [6, 6.07) is 22.3. The Bertz CT molecular complexity index is 2210. The molecule has 4 aromatic rings. The number of aliphatic imine (C=N–C) groups is 2. The van der Waals surface area contributed by atoms with Gasteiger partial charge in [-0.1, -0.05) is 36.4 Å². The second-order valence-electron chi connectivity index (χ2n) is 12.8. The summed E-state index contributed by atoms with van der Waals surface area (Å²) in [5.74, 6) is 0.336. The highest BCUT2D eigenvalue weighted by Crippen LogP contribution is 2.42. The van der Waals surface area contributed by atoms with Gasteiger partial charge in [-0.2, -0.15) is 0 Å². The molecule has 11 nitrogen and oxygen atoms in total. The van der Waals surface area contributed by atoms with Gasteiger partial charge in [-0.25, -0.2) is 4.79 Å². The number of methoxy groups -OCH3 is 2. The molecule has 0 saturated heterocycles. The second kappa shape index (κ2) is 12.9. The number of hydrogen-bond acceptors (Lipinski definition) is 9. The number of benzene rings is 4. The highest BCUT2D eigenvalue weighted by Gasteiger charge is 2.37. The molecule has 11 heteroatoms. The smallest absolute Gasteiger partial charge is 0.330 e. The number of rotatable bonds is 8. The van der Waals surface area contributed by atoms with E-state index in [2.05, 4.69) is 4.99 Å². The van der Waals surface area contributed by atoms with Crippen LogP contribution < -0.4 is 24.0 Å². The van der Waals surface area contributed by atoms with Crippen molar-refractivity contribution in [3.05, 3.63) is 112 Å². The van der Waals surface area contributed by atoms with Crippen LogP contribution in [0.25, 0.3) is 0 Å². The number of carbonyl (C=O) groups excluding carboxylic acids is 3. The van der Waals surface area contributed by atoms with E-state index in [1.807, 2.05) is 61.7 Å². The van der Waals surface area contributed by atoms with Crippen LogP contribution in [0.2, 0.25) is 0 Å². The van der Waals surface area contributed by atoms with Crippen molar-refractivity contribution in [1.29, 1.82) is 0 Å². The first-order valence-electron chi connectivity index (χ1n) is 16.6. The molecule has 0 unspecified atom stereocenters. The molecule has 2 atom stereocenters. The number of fused-ring (bicyclic) bond motifs is 8. The fraction of sp³-hybridized carbons (Fsp3) is 0.225. The van der Waals surface area contributed by atoms with E-state index in [1.54, 1.807) is 40.3 Å².